The monoisotopic (exact) mass is 402 g/mol. The molecule has 0 bridgehead atoms. The van der Waals surface area contributed by atoms with E-state index in [-0.39, 0.29) is 11.5 Å². The zero-order valence-electron chi connectivity index (χ0n) is 16.7. The Morgan fingerprint density at radius 3 is 2.21 bits per heavy atom. The molecule has 28 heavy (non-hydrogen) atoms. The Labute approximate surface area is 171 Å². The third kappa shape index (κ3) is 5.99. The van der Waals surface area contributed by atoms with E-state index in [9.17, 15) is 14.7 Å². The molecule has 2 rings (SSSR count). The van der Waals surface area contributed by atoms with Crippen molar-refractivity contribution in [3.63, 3.8) is 0 Å². The number of anilines is 2. The third-order valence-electron chi connectivity index (χ3n) is 4.08. The zero-order chi connectivity index (χ0) is 20.8. The highest BCUT2D eigenvalue weighted by Crippen LogP contribution is 2.27. The van der Waals surface area contributed by atoms with E-state index >= 15 is 0 Å². The quantitative estimate of drug-likeness (QED) is 0.619. The fourth-order valence-corrected chi connectivity index (χ4v) is 3.24. The van der Waals surface area contributed by atoms with E-state index in [1.165, 1.54) is 6.07 Å². The van der Waals surface area contributed by atoms with E-state index in [0.29, 0.717) is 33.8 Å². The minimum Gasteiger partial charge on any atom is -0.478 e. The van der Waals surface area contributed by atoms with Crippen LogP contribution in [0.25, 0.3) is 0 Å². The number of benzene rings is 2. The molecule has 0 fully saturated rings. The third-order valence-corrected chi connectivity index (χ3v) is 4.32. The van der Waals surface area contributed by atoms with Crippen molar-refractivity contribution in [3.05, 3.63) is 58.6 Å². The standard InChI is InChI=1S/C22H27ClN2O3/c1-14(2)12-25(13-15(3)4)20-9-8-18(11-19(20)22(27)28)24-21(26)16-6-5-7-17(23)10-16/h5-11,14-15H,12-13H2,1-4H3,(H,24,26)(H,27,28). The lowest BCUT2D eigenvalue weighted by Gasteiger charge is -2.30. The minimum absolute atomic E-state index is 0.171. The molecule has 0 aliphatic carbocycles. The lowest BCUT2D eigenvalue weighted by molar-refractivity contribution is 0.0697. The summed E-state index contributed by atoms with van der Waals surface area (Å²) in [6.45, 7) is 9.93. The second kappa shape index (κ2) is 9.60. The number of carbonyl (C=O) groups excluding carboxylic acids is 1. The predicted octanol–water partition coefficient (Wildman–Crippen LogP) is 5.41. The second-order valence-corrected chi connectivity index (χ2v) is 8.13. The van der Waals surface area contributed by atoms with Crippen LogP contribution in [0.3, 0.4) is 0 Å². The summed E-state index contributed by atoms with van der Waals surface area (Å²) in [7, 11) is 0. The van der Waals surface area contributed by atoms with E-state index in [0.717, 1.165) is 13.1 Å². The highest BCUT2D eigenvalue weighted by molar-refractivity contribution is 6.31. The number of carbonyl (C=O) groups is 2. The van der Waals surface area contributed by atoms with E-state index in [4.69, 9.17) is 11.6 Å². The number of hydrogen-bond donors (Lipinski definition) is 2. The van der Waals surface area contributed by atoms with Crippen LogP contribution in [0.5, 0.6) is 0 Å². The topological polar surface area (TPSA) is 69.6 Å². The predicted molar refractivity (Wildman–Crippen MR) is 115 cm³/mol. The van der Waals surface area contributed by atoms with Gasteiger partial charge < -0.3 is 15.3 Å². The second-order valence-electron chi connectivity index (χ2n) is 7.69. The van der Waals surface area contributed by atoms with Gasteiger partial charge in [0, 0.05) is 29.4 Å². The maximum absolute atomic E-state index is 12.4. The molecule has 2 aromatic carbocycles. The average Bonchev–Trinajstić information content (AvgIpc) is 2.60. The normalized spacial score (nSPS) is 11.0. The molecule has 0 radical (unpaired) electrons. The summed E-state index contributed by atoms with van der Waals surface area (Å²) in [4.78, 5) is 26.4. The van der Waals surface area contributed by atoms with Crippen molar-refractivity contribution in [2.75, 3.05) is 23.3 Å². The number of nitrogens with zero attached hydrogens (tertiary/aromatic N) is 1. The smallest absolute Gasteiger partial charge is 0.337 e. The van der Waals surface area contributed by atoms with Gasteiger partial charge >= 0.3 is 5.97 Å². The Morgan fingerprint density at radius 1 is 1.04 bits per heavy atom. The van der Waals surface area contributed by atoms with Gasteiger partial charge in [-0.25, -0.2) is 4.79 Å². The largest absolute Gasteiger partial charge is 0.478 e. The fraction of sp³-hybridized carbons (Fsp3) is 0.364. The molecule has 0 aliphatic rings. The molecule has 0 aliphatic heterocycles. The van der Waals surface area contributed by atoms with Crippen LogP contribution in [-0.4, -0.2) is 30.1 Å². The molecule has 2 aromatic rings. The maximum Gasteiger partial charge on any atom is 0.337 e. The molecule has 1 amide bonds. The van der Waals surface area contributed by atoms with Crippen molar-refractivity contribution in [1.82, 2.24) is 0 Å². The molecular formula is C22H27ClN2O3. The maximum atomic E-state index is 12.4. The van der Waals surface area contributed by atoms with Crippen molar-refractivity contribution in [2.45, 2.75) is 27.7 Å². The van der Waals surface area contributed by atoms with E-state index < -0.39 is 5.97 Å². The number of hydrogen-bond acceptors (Lipinski definition) is 3. The molecule has 5 nitrogen and oxygen atoms in total. The van der Waals surface area contributed by atoms with Crippen molar-refractivity contribution in [3.8, 4) is 0 Å². The van der Waals surface area contributed by atoms with E-state index in [1.54, 1.807) is 36.4 Å². The summed E-state index contributed by atoms with van der Waals surface area (Å²) in [6.07, 6.45) is 0. The van der Waals surface area contributed by atoms with Crippen LogP contribution in [0.1, 0.15) is 48.4 Å². The summed E-state index contributed by atoms with van der Waals surface area (Å²) in [5, 5.41) is 13.0. The first-order chi connectivity index (χ1) is 13.2. The molecule has 0 aromatic heterocycles. The van der Waals surface area contributed by atoms with Gasteiger partial charge in [-0.2, -0.15) is 0 Å². The van der Waals surface area contributed by atoms with E-state index in [2.05, 4.69) is 37.9 Å². The Balaban J connectivity index is 2.33. The number of amides is 1. The SMILES string of the molecule is CC(C)CN(CC(C)C)c1ccc(NC(=O)c2cccc(Cl)c2)cc1C(=O)O. The molecule has 0 saturated heterocycles. The number of halogens is 1. The summed E-state index contributed by atoms with van der Waals surface area (Å²) >= 11 is 5.93. The van der Waals surface area contributed by atoms with Gasteiger partial charge in [0.25, 0.3) is 5.91 Å². The van der Waals surface area contributed by atoms with Gasteiger partial charge in [-0.3, -0.25) is 4.79 Å². The number of carboxylic acid groups (broad SMARTS) is 1. The molecule has 150 valence electrons. The lowest BCUT2D eigenvalue weighted by Crippen LogP contribution is -2.32. The molecule has 6 heteroatoms. The summed E-state index contributed by atoms with van der Waals surface area (Å²) < 4.78 is 0. The lowest BCUT2D eigenvalue weighted by atomic mass is 10.1. The Bertz CT molecular complexity index is 839. The van der Waals surface area contributed by atoms with Crippen molar-refractivity contribution in [1.29, 1.82) is 0 Å². The first-order valence-corrected chi connectivity index (χ1v) is 9.74. The highest BCUT2D eigenvalue weighted by Gasteiger charge is 2.19. The van der Waals surface area contributed by atoms with Crippen LogP contribution >= 0.6 is 11.6 Å². The van der Waals surface area contributed by atoms with Crippen LogP contribution in [0.4, 0.5) is 11.4 Å². The summed E-state index contributed by atoms with van der Waals surface area (Å²) in [6, 6.07) is 11.6. The Kier molecular flexibility index (Phi) is 7.46. The number of aromatic carboxylic acids is 1. The number of nitrogens with one attached hydrogen (secondary N) is 1. The molecular weight excluding hydrogens is 376 g/mol. The van der Waals surface area contributed by atoms with Crippen LogP contribution in [0.2, 0.25) is 5.02 Å². The molecule has 0 saturated carbocycles. The first kappa shape index (κ1) is 21.8. The van der Waals surface area contributed by atoms with Gasteiger partial charge in [0.2, 0.25) is 0 Å². The van der Waals surface area contributed by atoms with Gasteiger partial charge in [-0.1, -0.05) is 45.4 Å². The molecule has 2 N–H and O–H groups in total. The van der Waals surface area contributed by atoms with E-state index in [1.807, 2.05) is 0 Å². The Hall–Kier alpha value is -2.53. The highest BCUT2D eigenvalue weighted by atomic mass is 35.5. The van der Waals surface area contributed by atoms with Crippen molar-refractivity contribution < 1.29 is 14.7 Å². The molecule has 0 spiro atoms. The zero-order valence-corrected chi connectivity index (χ0v) is 17.5. The van der Waals surface area contributed by atoms with Gasteiger partial charge in [-0.15, -0.1) is 0 Å². The molecule has 0 heterocycles. The number of rotatable bonds is 8. The van der Waals surface area contributed by atoms with Crippen LogP contribution in [0.15, 0.2) is 42.5 Å². The van der Waals surface area contributed by atoms with Crippen LogP contribution < -0.4 is 10.2 Å². The van der Waals surface area contributed by atoms with Crippen molar-refractivity contribution in [2.24, 2.45) is 11.8 Å². The average molecular weight is 403 g/mol. The van der Waals surface area contributed by atoms with Gasteiger partial charge in [0.15, 0.2) is 0 Å². The van der Waals surface area contributed by atoms with Crippen LogP contribution in [-0.2, 0) is 0 Å². The molecule has 0 atom stereocenters. The number of carboxylic acids is 1. The Morgan fingerprint density at radius 2 is 1.68 bits per heavy atom. The van der Waals surface area contributed by atoms with Gasteiger partial charge in [0.1, 0.15) is 0 Å². The molecule has 0 unspecified atom stereocenters. The van der Waals surface area contributed by atoms with Crippen LogP contribution in [0, 0.1) is 11.8 Å². The van der Waals surface area contributed by atoms with Gasteiger partial charge in [-0.05, 0) is 48.2 Å². The van der Waals surface area contributed by atoms with Crippen molar-refractivity contribution >= 4 is 34.9 Å². The fourth-order valence-electron chi connectivity index (χ4n) is 3.05. The summed E-state index contributed by atoms with van der Waals surface area (Å²) in [5.74, 6) is -0.579. The first-order valence-electron chi connectivity index (χ1n) is 9.36. The minimum atomic E-state index is -1.02. The van der Waals surface area contributed by atoms with Gasteiger partial charge in [0.05, 0.1) is 11.3 Å². The summed E-state index contributed by atoms with van der Waals surface area (Å²) in [5.41, 5.74) is 1.68.